The van der Waals surface area contributed by atoms with E-state index in [0.29, 0.717) is 0 Å². The van der Waals surface area contributed by atoms with Gasteiger partial charge in [-0.15, -0.1) is 0 Å². The molecule has 38 heavy (non-hydrogen) atoms. The van der Waals surface area contributed by atoms with Crippen molar-refractivity contribution in [3.05, 3.63) is 35.9 Å². The Balaban J connectivity index is 0.0000137. The molecular formula is C22H31BiN5O9S+3. The average molecular weight is 751 g/mol. The zero-order valence-corrected chi connectivity index (χ0v) is 24.7. The number of hydrogen-bond donors (Lipinski definition) is 6. The summed E-state index contributed by atoms with van der Waals surface area (Å²) >= 11 is 4.87. The number of carboxylic acid groups (broad SMARTS) is 4. The molecule has 0 aromatic heterocycles. The molecule has 16 heteroatoms. The molecule has 0 saturated heterocycles. The molecule has 0 bridgehead atoms. The van der Waals surface area contributed by atoms with Crippen LogP contribution in [-0.2, 0) is 30.5 Å². The topological polar surface area (TPSA) is 200 Å². The molecule has 0 spiro atoms. The van der Waals surface area contributed by atoms with Crippen molar-refractivity contribution in [1.29, 1.82) is 0 Å². The molecule has 206 valence electrons. The molecule has 0 aliphatic rings. The van der Waals surface area contributed by atoms with Crippen LogP contribution in [0.4, 0.5) is 0 Å². The number of carboxylic acids is 4. The Hall–Kier alpha value is -2.78. The summed E-state index contributed by atoms with van der Waals surface area (Å²) in [5, 5.41) is 41.9. The Labute approximate surface area is 243 Å². The quantitative estimate of drug-likeness (QED) is 0.0488. The molecule has 1 rings (SSSR count). The Kier molecular flexibility index (Phi) is 17.9. The zero-order chi connectivity index (χ0) is 27.8. The molecule has 1 amide bonds. The number of hydrogen-bond acceptors (Lipinski definition) is 9. The van der Waals surface area contributed by atoms with Gasteiger partial charge in [0.1, 0.15) is 0 Å². The summed E-state index contributed by atoms with van der Waals surface area (Å²) in [6.45, 7) is -2.23. The standard InChI is InChI=1S/C22H31N5O9S.Bi/c28-17(29)11-25(12-18(30)31)6-8-27(9-7-26(13-19(32)33)14-20(34)35)21(24-15-37)22(36)23-10-16-4-2-1-3-5-16;/h1-5,15,21H,6-14H2,(H,23,36)(H,24,37)(H,28,29)(H,30,31)(H,32,33)(H,34,35);/q;+3. The minimum atomic E-state index is -1.24. The van der Waals surface area contributed by atoms with E-state index >= 15 is 0 Å². The number of aliphatic carboxylic acids is 4. The molecule has 0 aliphatic carbocycles. The summed E-state index contributed by atoms with van der Waals surface area (Å²) in [6, 6.07) is 9.05. The van der Waals surface area contributed by atoms with Gasteiger partial charge in [0, 0.05) is 32.7 Å². The van der Waals surface area contributed by atoms with Gasteiger partial charge in [-0.05, 0) is 5.56 Å². The monoisotopic (exact) mass is 750 g/mol. The number of carbonyl (C=O) groups is 5. The number of carbonyl (C=O) groups excluding carboxylic acids is 1. The van der Waals surface area contributed by atoms with Crippen LogP contribution in [0, 0.1) is 0 Å². The van der Waals surface area contributed by atoms with Gasteiger partial charge in [-0.25, -0.2) is 0 Å². The van der Waals surface area contributed by atoms with Crippen molar-refractivity contribution in [3.8, 4) is 0 Å². The van der Waals surface area contributed by atoms with E-state index < -0.39 is 62.1 Å². The summed E-state index contributed by atoms with van der Waals surface area (Å²) in [7, 11) is 0. The Morgan fingerprint density at radius 1 is 0.763 bits per heavy atom. The third-order valence-electron chi connectivity index (χ3n) is 4.99. The fraction of sp³-hybridized carbons (Fsp3) is 0.455. The van der Waals surface area contributed by atoms with Crippen LogP contribution >= 0.6 is 12.2 Å². The van der Waals surface area contributed by atoms with Gasteiger partial charge >= 0.3 is 50.1 Å². The summed E-state index contributed by atoms with van der Waals surface area (Å²) in [5.74, 6) is -5.46. The molecule has 0 saturated carbocycles. The SMILES string of the molecule is O=C(O)CN(CCN(CCN(CC(=O)O)CC(=O)O)C(NC=S)C(=O)NCc1ccccc1)CC(=O)O.[Bi+3]. The first kappa shape index (κ1) is 35.2. The van der Waals surface area contributed by atoms with E-state index in [1.54, 1.807) is 12.1 Å². The van der Waals surface area contributed by atoms with E-state index in [1.807, 2.05) is 18.2 Å². The van der Waals surface area contributed by atoms with E-state index in [4.69, 9.17) is 32.6 Å². The van der Waals surface area contributed by atoms with Gasteiger partial charge in [0.05, 0.1) is 31.7 Å². The van der Waals surface area contributed by atoms with Crippen LogP contribution in [0.5, 0.6) is 0 Å². The number of rotatable bonds is 20. The van der Waals surface area contributed by atoms with Crippen LogP contribution in [-0.4, -0.2) is 155 Å². The summed E-state index contributed by atoms with van der Waals surface area (Å²) in [5.41, 5.74) is 1.94. The molecule has 6 N–H and O–H groups in total. The molecule has 0 fully saturated rings. The number of amides is 1. The maximum atomic E-state index is 13.1. The van der Waals surface area contributed by atoms with Crippen molar-refractivity contribution >= 4 is 73.7 Å². The first-order valence-corrected chi connectivity index (χ1v) is 11.6. The molecule has 1 atom stereocenters. The average Bonchev–Trinajstić information content (AvgIpc) is 2.80. The van der Waals surface area contributed by atoms with Crippen LogP contribution in [0.3, 0.4) is 0 Å². The maximum Gasteiger partial charge on any atom is 3.00 e. The molecule has 1 unspecified atom stereocenters. The Morgan fingerprint density at radius 3 is 1.55 bits per heavy atom. The minimum Gasteiger partial charge on any atom is -0.480 e. The zero-order valence-electron chi connectivity index (χ0n) is 20.4. The van der Waals surface area contributed by atoms with E-state index in [-0.39, 0.29) is 58.9 Å². The molecule has 0 heterocycles. The number of nitrogens with one attached hydrogen (secondary N) is 2. The predicted molar refractivity (Wildman–Crippen MR) is 140 cm³/mol. The first-order chi connectivity index (χ1) is 17.5. The maximum absolute atomic E-state index is 13.1. The molecule has 1 aromatic rings. The summed E-state index contributed by atoms with van der Waals surface area (Å²) < 4.78 is 0. The fourth-order valence-corrected chi connectivity index (χ4v) is 3.52. The predicted octanol–water partition coefficient (Wildman–Crippen LogP) is -1.96. The van der Waals surface area contributed by atoms with Crippen molar-refractivity contribution in [1.82, 2.24) is 25.3 Å². The van der Waals surface area contributed by atoms with Gasteiger partial charge < -0.3 is 31.1 Å². The minimum absolute atomic E-state index is 0. The second kappa shape index (κ2) is 19.3. The fourth-order valence-electron chi connectivity index (χ4n) is 3.40. The number of nitrogens with zero attached hydrogens (tertiary/aromatic N) is 3. The first-order valence-electron chi connectivity index (χ1n) is 11.1. The van der Waals surface area contributed by atoms with E-state index in [9.17, 15) is 24.0 Å². The summed E-state index contributed by atoms with van der Waals surface area (Å²) in [6.07, 6.45) is -1.09. The van der Waals surface area contributed by atoms with E-state index in [2.05, 4.69) is 10.6 Å². The van der Waals surface area contributed by atoms with E-state index in [1.165, 1.54) is 4.90 Å². The molecule has 1 aromatic carbocycles. The largest absolute Gasteiger partial charge is 3.00 e. The molecular weight excluding hydrogens is 719 g/mol. The second-order valence-electron chi connectivity index (χ2n) is 7.92. The van der Waals surface area contributed by atoms with E-state index in [0.717, 1.165) is 20.9 Å². The number of benzene rings is 1. The second-order valence-corrected chi connectivity index (χ2v) is 8.16. The van der Waals surface area contributed by atoms with Gasteiger partial charge in [-0.3, -0.25) is 38.7 Å². The van der Waals surface area contributed by atoms with Crippen molar-refractivity contribution in [2.75, 3.05) is 52.4 Å². The van der Waals surface area contributed by atoms with Crippen LogP contribution in [0.25, 0.3) is 0 Å². The Bertz CT molecular complexity index is 869. The van der Waals surface area contributed by atoms with Gasteiger partial charge in [-0.2, -0.15) is 0 Å². The number of thiocarbonyl (C=S) groups is 1. The van der Waals surface area contributed by atoms with Crippen LogP contribution in [0.1, 0.15) is 5.56 Å². The smallest absolute Gasteiger partial charge is 0.480 e. The molecule has 2 radical (unpaired) electrons. The third kappa shape index (κ3) is 15.5. The third-order valence-corrected chi connectivity index (χ3v) is 5.13. The van der Waals surface area contributed by atoms with Crippen molar-refractivity contribution in [3.63, 3.8) is 0 Å². The summed E-state index contributed by atoms with van der Waals surface area (Å²) in [4.78, 5) is 61.5. The molecule has 0 aliphatic heterocycles. The van der Waals surface area contributed by atoms with Crippen molar-refractivity contribution < 1.29 is 44.4 Å². The van der Waals surface area contributed by atoms with Gasteiger partial charge in [0.15, 0.2) is 6.17 Å². The van der Waals surface area contributed by atoms with Crippen molar-refractivity contribution in [2.24, 2.45) is 0 Å². The normalized spacial score (nSPS) is 11.4. The Morgan fingerprint density at radius 2 is 1.18 bits per heavy atom. The van der Waals surface area contributed by atoms with Gasteiger partial charge in [-0.1, -0.05) is 42.5 Å². The van der Waals surface area contributed by atoms with Gasteiger partial charge in [0.25, 0.3) is 5.91 Å². The van der Waals surface area contributed by atoms with Crippen LogP contribution < -0.4 is 10.6 Å². The van der Waals surface area contributed by atoms with Gasteiger partial charge in [0.2, 0.25) is 0 Å². The molecule has 14 nitrogen and oxygen atoms in total. The van der Waals surface area contributed by atoms with Crippen LogP contribution in [0.2, 0.25) is 0 Å². The van der Waals surface area contributed by atoms with Crippen LogP contribution in [0.15, 0.2) is 30.3 Å². The van der Waals surface area contributed by atoms with Crippen molar-refractivity contribution in [2.45, 2.75) is 12.7 Å².